The fourth-order valence-electron chi connectivity index (χ4n) is 1.62. The van der Waals surface area contributed by atoms with E-state index < -0.39 is 11.9 Å². The molecular weight excluding hydrogens is 264 g/mol. The molecule has 1 amide bonds. The highest BCUT2D eigenvalue weighted by Crippen LogP contribution is 2.20. The first-order valence-electron chi connectivity index (χ1n) is 5.82. The summed E-state index contributed by atoms with van der Waals surface area (Å²) in [7, 11) is 0. The van der Waals surface area contributed by atoms with E-state index in [0.29, 0.717) is 17.3 Å². The number of nitrogens with one attached hydrogen (secondary N) is 1. The van der Waals surface area contributed by atoms with E-state index in [1.807, 2.05) is 0 Å². The molecule has 0 aromatic carbocycles. The van der Waals surface area contributed by atoms with Gasteiger partial charge in [-0.25, -0.2) is 0 Å². The molecule has 0 radical (unpaired) electrons. The topological polar surface area (TPSA) is 107 Å². The second-order valence-electron chi connectivity index (χ2n) is 4.04. The summed E-state index contributed by atoms with van der Waals surface area (Å²) in [6, 6.07) is 4.53. The average Bonchev–Trinajstić information content (AvgIpc) is 3.19. The van der Waals surface area contributed by atoms with Crippen molar-refractivity contribution in [3.63, 3.8) is 0 Å². The Morgan fingerprint density at radius 2 is 2.25 bits per heavy atom. The Labute approximate surface area is 112 Å². The zero-order valence-corrected chi connectivity index (χ0v) is 10.4. The molecule has 0 spiro atoms. The first-order chi connectivity index (χ1) is 9.74. The van der Waals surface area contributed by atoms with Crippen LogP contribution in [0.15, 0.2) is 44.3 Å². The number of nitrogens with zero attached hydrogens (tertiary/aromatic N) is 3. The second kappa shape index (κ2) is 5.00. The molecule has 8 nitrogen and oxygen atoms in total. The Kier molecular flexibility index (Phi) is 3.04. The molecule has 0 saturated heterocycles. The maximum absolute atomic E-state index is 12.0. The molecule has 0 aliphatic carbocycles. The molecule has 8 heteroatoms. The van der Waals surface area contributed by atoms with Crippen molar-refractivity contribution in [1.82, 2.24) is 20.6 Å². The summed E-state index contributed by atoms with van der Waals surface area (Å²) in [6.45, 7) is 1.73. The lowest BCUT2D eigenvalue weighted by Crippen LogP contribution is -2.27. The van der Waals surface area contributed by atoms with Crippen LogP contribution >= 0.6 is 0 Å². The number of carbonyl (C=O) groups excluding carboxylic acids is 1. The SMILES string of the molecule is CC(NC(=O)c1cc(-c2ccco2)on1)c1ncon1. The lowest BCUT2D eigenvalue weighted by atomic mass is 10.2. The average molecular weight is 274 g/mol. The Morgan fingerprint density at radius 3 is 2.95 bits per heavy atom. The van der Waals surface area contributed by atoms with Gasteiger partial charge in [-0.2, -0.15) is 4.98 Å². The van der Waals surface area contributed by atoms with E-state index in [2.05, 4.69) is 25.1 Å². The van der Waals surface area contributed by atoms with Gasteiger partial charge in [0.15, 0.2) is 17.3 Å². The fraction of sp³-hybridized carbons (Fsp3) is 0.167. The third-order valence-electron chi connectivity index (χ3n) is 2.62. The van der Waals surface area contributed by atoms with Gasteiger partial charge in [0.25, 0.3) is 5.91 Å². The van der Waals surface area contributed by atoms with Gasteiger partial charge in [-0.05, 0) is 19.1 Å². The summed E-state index contributed by atoms with van der Waals surface area (Å²) in [5.74, 6) is 0.868. The van der Waals surface area contributed by atoms with Gasteiger partial charge in [0.1, 0.15) is 0 Å². The van der Waals surface area contributed by atoms with Crippen molar-refractivity contribution < 1.29 is 18.3 Å². The van der Waals surface area contributed by atoms with Crippen molar-refractivity contribution in [2.75, 3.05) is 0 Å². The molecule has 1 atom stereocenters. The van der Waals surface area contributed by atoms with Crippen LogP contribution in [0.5, 0.6) is 0 Å². The molecule has 0 fully saturated rings. The molecule has 3 aromatic heterocycles. The van der Waals surface area contributed by atoms with Crippen LogP contribution in [0.3, 0.4) is 0 Å². The smallest absolute Gasteiger partial charge is 0.274 e. The molecule has 3 heterocycles. The van der Waals surface area contributed by atoms with Crippen LogP contribution < -0.4 is 5.32 Å². The third kappa shape index (κ3) is 2.30. The van der Waals surface area contributed by atoms with Crippen LogP contribution in [0.1, 0.15) is 29.3 Å². The zero-order chi connectivity index (χ0) is 13.9. The molecule has 102 valence electrons. The monoisotopic (exact) mass is 274 g/mol. The minimum atomic E-state index is -0.399. The van der Waals surface area contributed by atoms with Gasteiger partial charge in [-0.15, -0.1) is 0 Å². The quantitative estimate of drug-likeness (QED) is 0.772. The minimum Gasteiger partial charge on any atom is -0.461 e. The molecule has 3 aromatic rings. The number of rotatable bonds is 4. The van der Waals surface area contributed by atoms with Crippen molar-refractivity contribution in [3.8, 4) is 11.5 Å². The number of furan rings is 1. The first kappa shape index (κ1) is 12.2. The maximum atomic E-state index is 12.0. The Hall–Kier alpha value is -2.90. The number of hydrogen-bond acceptors (Lipinski definition) is 7. The zero-order valence-electron chi connectivity index (χ0n) is 10.4. The Bertz CT molecular complexity index is 687. The van der Waals surface area contributed by atoms with E-state index in [4.69, 9.17) is 8.94 Å². The van der Waals surface area contributed by atoms with E-state index in [1.54, 1.807) is 19.1 Å². The van der Waals surface area contributed by atoms with Crippen LogP contribution in [0.4, 0.5) is 0 Å². The van der Waals surface area contributed by atoms with Crippen molar-refractivity contribution in [2.45, 2.75) is 13.0 Å². The van der Waals surface area contributed by atoms with Gasteiger partial charge in [-0.1, -0.05) is 10.3 Å². The van der Waals surface area contributed by atoms with Crippen molar-refractivity contribution >= 4 is 5.91 Å². The minimum absolute atomic E-state index is 0.145. The van der Waals surface area contributed by atoms with Gasteiger partial charge in [-0.3, -0.25) is 4.79 Å². The van der Waals surface area contributed by atoms with Crippen molar-refractivity contribution in [3.05, 3.63) is 42.4 Å². The lowest BCUT2D eigenvalue weighted by Gasteiger charge is -2.07. The highest BCUT2D eigenvalue weighted by Gasteiger charge is 2.19. The summed E-state index contributed by atoms with van der Waals surface area (Å²) in [5.41, 5.74) is 0.145. The van der Waals surface area contributed by atoms with E-state index >= 15 is 0 Å². The van der Waals surface area contributed by atoms with Gasteiger partial charge in [0.2, 0.25) is 12.2 Å². The maximum Gasteiger partial charge on any atom is 0.274 e. The van der Waals surface area contributed by atoms with Gasteiger partial charge in [0.05, 0.1) is 12.3 Å². The van der Waals surface area contributed by atoms with Crippen LogP contribution in [-0.4, -0.2) is 21.2 Å². The molecular formula is C12H10N4O4. The summed E-state index contributed by atoms with van der Waals surface area (Å²) < 4.78 is 14.8. The lowest BCUT2D eigenvalue weighted by molar-refractivity contribution is 0.0928. The van der Waals surface area contributed by atoms with Crippen molar-refractivity contribution in [1.29, 1.82) is 0 Å². The van der Waals surface area contributed by atoms with Crippen LogP contribution in [0, 0.1) is 0 Å². The number of aromatic nitrogens is 3. The Balaban J connectivity index is 1.72. The van der Waals surface area contributed by atoms with E-state index in [0.717, 1.165) is 0 Å². The van der Waals surface area contributed by atoms with Crippen molar-refractivity contribution in [2.24, 2.45) is 0 Å². The van der Waals surface area contributed by atoms with E-state index in [9.17, 15) is 4.79 Å². The number of amides is 1. The molecule has 3 rings (SSSR count). The largest absolute Gasteiger partial charge is 0.461 e. The summed E-state index contributed by atoms with van der Waals surface area (Å²) in [6.07, 6.45) is 2.71. The second-order valence-corrected chi connectivity index (χ2v) is 4.04. The molecule has 1 unspecified atom stereocenters. The Morgan fingerprint density at radius 1 is 1.35 bits per heavy atom. The summed E-state index contributed by atoms with van der Waals surface area (Å²) in [5, 5.41) is 10.0. The number of hydrogen-bond donors (Lipinski definition) is 1. The highest BCUT2D eigenvalue weighted by molar-refractivity contribution is 5.93. The van der Waals surface area contributed by atoms with Gasteiger partial charge < -0.3 is 18.8 Å². The summed E-state index contributed by atoms with van der Waals surface area (Å²) in [4.78, 5) is 15.8. The highest BCUT2D eigenvalue weighted by atomic mass is 16.5. The van der Waals surface area contributed by atoms with E-state index in [1.165, 1.54) is 18.7 Å². The van der Waals surface area contributed by atoms with Crippen LogP contribution in [0.25, 0.3) is 11.5 Å². The molecule has 0 bridgehead atoms. The fourth-order valence-corrected chi connectivity index (χ4v) is 1.62. The predicted octanol–water partition coefficient (Wildman–Crippen LogP) is 1.81. The molecule has 0 saturated carbocycles. The predicted molar refractivity (Wildman–Crippen MR) is 64.4 cm³/mol. The molecule has 0 aliphatic heterocycles. The standard InChI is InChI=1S/C12H10N4O4/c1-7(11-13-6-19-16-11)14-12(17)8-5-10(20-15-8)9-3-2-4-18-9/h2-7H,1H3,(H,14,17). The van der Waals surface area contributed by atoms with Crippen LogP contribution in [-0.2, 0) is 0 Å². The first-order valence-corrected chi connectivity index (χ1v) is 5.82. The molecule has 20 heavy (non-hydrogen) atoms. The number of carbonyl (C=O) groups is 1. The van der Waals surface area contributed by atoms with Gasteiger partial charge >= 0.3 is 0 Å². The normalized spacial score (nSPS) is 12.2. The molecule has 0 aliphatic rings. The van der Waals surface area contributed by atoms with E-state index in [-0.39, 0.29) is 5.69 Å². The van der Waals surface area contributed by atoms with Crippen LogP contribution in [0.2, 0.25) is 0 Å². The van der Waals surface area contributed by atoms with Gasteiger partial charge in [0, 0.05) is 6.07 Å². The molecule has 1 N–H and O–H groups in total. The third-order valence-corrected chi connectivity index (χ3v) is 2.62. The summed E-state index contributed by atoms with van der Waals surface area (Å²) >= 11 is 0.